The van der Waals surface area contributed by atoms with Crippen LogP contribution in [0.4, 0.5) is 5.00 Å². The second kappa shape index (κ2) is 6.81. The summed E-state index contributed by atoms with van der Waals surface area (Å²) in [5, 5.41) is 8.63. The molecule has 5 heteroatoms. The molecule has 0 aliphatic heterocycles. The molecule has 1 aromatic rings. The van der Waals surface area contributed by atoms with E-state index in [0.717, 1.165) is 30.3 Å². The summed E-state index contributed by atoms with van der Waals surface area (Å²) in [5.74, 6) is 0. The van der Waals surface area contributed by atoms with Crippen LogP contribution in [0.1, 0.15) is 39.8 Å². The van der Waals surface area contributed by atoms with Crippen molar-refractivity contribution in [3.05, 3.63) is 5.69 Å². The highest BCUT2D eigenvalue weighted by Gasteiger charge is 2.14. The van der Waals surface area contributed by atoms with Crippen molar-refractivity contribution in [1.29, 1.82) is 0 Å². The molecule has 0 aliphatic carbocycles. The van der Waals surface area contributed by atoms with Crippen molar-refractivity contribution in [2.24, 2.45) is 0 Å². The van der Waals surface area contributed by atoms with E-state index < -0.39 is 0 Å². The second-order valence-electron chi connectivity index (χ2n) is 4.14. The van der Waals surface area contributed by atoms with Crippen LogP contribution >= 0.6 is 11.5 Å². The van der Waals surface area contributed by atoms with Crippen LogP contribution in [0.25, 0.3) is 0 Å². The lowest BCUT2D eigenvalue weighted by Gasteiger charge is -2.25. The average molecular weight is 242 g/mol. The summed E-state index contributed by atoms with van der Waals surface area (Å²) in [5.41, 5.74) is 1.08. The normalized spacial score (nSPS) is 11.4. The van der Waals surface area contributed by atoms with Gasteiger partial charge in [0.15, 0.2) is 0 Å². The Morgan fingerprint density at radius 3 is 2.69 bits per heavy atom. The maximum absolute atomic E-state index is 4.20. The highest BCUT2D eigenvalue weighted by atomic mass is 32.1. The van der Waals surface area contributed by atoms with Gasteiger partial charge in [0.1, 0.15) is 10.7 Å². The van der Waals surface area contributed by atoms with Crippen LogP contribution in [-0.4, -0.2) is 33.6 Å². The van der Waals surface area contributed by atoms with E-state index in [1.807, 2.05) is 0 Å². The molecule has 1 heterocycles. The SMILES string of the molecule is CCCN(Cc1nnsc1NCC)C(C)C. The fourth-order valence-electron chi connectivity index (χ4n) is 1.61. The molecule has 16 heavy (non-hydrogen) atoms. The predicted octanol–water partition coefficient (Wildman–Crippen LogP) is 2.59. The van der Waals surface area contributed by atoms with Gasteiger partial charge in [-0.2, -0.15) is 0 Å². The molecule has 0 saturated heterocycles. The van der Waals surface area contributed by atoms with Crippen molar-refractivity contribution in [3.63, 3.8) is 0 Å². The molecule has 0 radical (unpaired) electrons. The van der Waals surface area contributed by atoms with Crippen molar-refractivity contribution < 1.29 is 0 Å². The molecular formula is C11H22N4S. The van der Waals surface area contributed by atoms with E-state index in [0.29, 0.717) is 6.04 Å². The summed E-state index contributed by atoms with van der Waals surface area (Å²) in [6.07, 6.45) is 1.17. The van der Waals surface area contributed by atoms with Crippen molar-refractivity contribution >= 4 is 16.5 Å². The molecule has 0 fully saturated rings. The number of hydrogen-bond acceptors (Lipinski definition) is 5. The Morgan fingerprint density at radius 1 is 1.38 bits per heavy atom. The molecule has 0 spiro atoms. The minimum absolute atomic E-state index is 0.552. The van der Waals surface area contributed by atoms with E-state index in [1.54, 1.807) is 0 Å². The summed E-state index contributed by atoms with van der Waals surface area (Å²) in [6, 6.07) is 0.552. The zero-order chi connectivity index (χ0) is 12.0. The first kappa shape index (κ1) is 13.4. The zero-order valence-electron chi connectivity index (χ0n) is 10.7. The lowest BCUT2D eigenvalue weighted by Crippen LogP contribution is -2.31. The number of anilines is 1. The third-order valence-corrected chi connectivity index (χ3v) is 3.21. The Hall–Kier alpha value is -0.680. The smallest absolute Gasteiger partial charge is 0.134 e. The predicted molar refractivity (Wildman–Crippen MR) is 69.9 cm³/mol. The molecule has 4 nitrogen and oxygen atoms in total. The van der Waals surface area contributed by atoms with Gasteiger partial charge in [-0.1, -0.05) is 11.4 Å². The monoisotopic (exact) mass is 242 g/mol. The van der Waals surface area contributed by atoms with Crippen LogP contribution in [0.3, 0.4) is 0 Å². The Kier molecular flexibility index (Phi) is 5.69. The van der Waals surface area contributed by atoms with Crippen molar-refractivity contribution in [3.8, 4) is 0 Å². The standard InChI is InChI=1S/C11H22N4S/c1-5-7-15(9(3)4)8-10-11(12-6-2)16-14-13-10/h9,12H,5-8H2,1-4H3. The first-order valence-corrected chi connectivity index (χ1v) is 6.75. The number of hydrogen-bond donors (Lipinski definition) is 1. The number of nitrogens with one attached hydrogen (secondary N) is 1. The van der Waals surface area contributed by atoms with E-state index in [9.17, 15) is 0 Å². The van der Waals surface area contributed by atoms with Crippen LogP contribution < -0.4 is 5.32 Å². The minimum Gasteiger partial charge on any atom is -0.374 e. The van der Waals surface area contributed by atoms with Crippen molar-refractivity contribution in [2.45, 2.75) is 46.7 Å². The highest BCUT2D eigenvalue weighted by Crippen LogP contribution is 2.20. The topological polar surface area (TPSA) is 41.1 Å². The molecule has 0 aliphatic rings. The Balaban J connectivity index is 2.65. The van der Waals surface area contributed by atoms with E-state index >= 15 is 0 Å². The van der Waals surface area contributed by atoms with Gasteiger partial charge in [0, 0.05) is 30.7 Å². The third-order valence-electron chi connectivity index (χ3n) is 2.49. The van der Waals surface area contributed by atoms with Gasteiger partial charge in [0.05, 0.1) is 0 Å². The fraction of sp³-hybridized carbons (Fsp3) is 0.818. The third kappa shape index (κ3) is 3.72. The highest BCUT2D eigenvalue weighted by molar-refractivity contribution is 7.10. The average Bonchev–Trinajstić information content (AvgIpc) is 2.65. The van der Waals surface area contributed by atoms with E-state index in [-0.39, 0.29) is 0 Å². The first-order valence-electron chi connectivity index (χ1n) is 5.98. The number of nitrogens with zero attached hydrogens (tertiary/aromatic N) is 3. The molecule has 0 amide bonds. The zero-order valence-corrected chi connectivity index (χ0v) is 11.5. The van der Waals surface area contributed by atoms with Gasteiger partial charge in [-0.05, 0) is 33.7 Å². The van der Waals surface area contributed by atoms with Crippen molar-refractivity contribution in [2.75, 3.05) is 18.4 Å². The molecule has 0 bridgehead atoms. The molecular weight excluding hydrogens is 220 g/mol. The van der Waals surface area contributed by atoms with Gasteiger partial charge in [-0.3, -0.25) is 4.90 Å². The molecule has 0 saturated carbocycles. The quantitative estimate of drug-likeness (QED) is 0.798. The summed E-state index contributed by atoms with van der Waals surface area (Å²) < 4.78 is 4.02. The van der Waals surface area contributed by atoms with E-state index in [2.05, 4.69) is 47.5 Å². The summed E-state index contributed by atoms with van der Waals surface area (Å²) >= 11 is 1.45. The summed E-state index contributed by atoms with van der Waals surface area (Å²) in [7, 11) is 0. The molecule has 0 atom stereocenters. The Labute approximate surface area is 102 Å². The van der Waals surface area contributed by atoms with Gasteiger partial charge in [-0.15, -0.1) is 5.10 Å². The van der Waals surface area contributed by atoms with E-state index in [4.69, 9.17) is 0 Å². The number of rotatable bonds is 7. The molecule has 1 aromatic heterocycles. The molecule has 92 valence electrons. The minimum atomic E-state index is 0.552. The Bertz CT molecular complexity index is 298. The van der Waals surface area contributed by atoms with Gasteiger partial charge in [-0.25, -0.2) is 0 Å². The van der Waals surface area contributed by atoms with Gasteiger partial charge in [0.25, 0.3) is 0 Å². The summed E-state index contributed by atoms with van der Waals surface area (Å²) in [4.78, 5) is 2.43. The fourth-order valence-corrected chi connectivity index (χ4v) is 2.25. The molecule has 1 rings (SSSR count). The Morgan fingerprint density at radius 2 is 2.12 bits per heavy atom. The van der Waals surface area contributed by atoms with Crippen LogP contribution in [-0.2, 0) is 6.54 Å². The van der Waals surface area contributed by atoms with Gasteiger partial charge >= 0.3 is 0 Å². The second-order valence-corrected chi connectivity index (χ2v) is 4.90. The number of aromatic nitrogens is 2. The lowest BCUT2D eigenvalue weighted by atomic mass is 10.2. The maximum Gasteiger partial charge on any atom is 0.134 e. The molecule has 0 aromatic carbocycles. The molecule has 0 unspecified atom stereocenters. The van der Waals surface area contributed by atoms with Crippen LogP contribution in [0.15, 0.2) is 0 Å². The molecule has 1 N–H and O–H groups in total. The van der Waals surface area contributed by atoms with Crippen molar-refractivity contribution in [1.82, 2.24) is 14.5 Å². The first-order chi connectivity index (χ1) is 7.69. The largest absolute Gasteiger partial charge is 0.374 e. The van der Waals surface area contributed by atoms with Crippen LogP contribution in [0, 0.1) is 0 Å². The summed E-state index contributed by atoms with van der Waals surface area (Å²) in [6.45, 7) is 11.7. The van der Waals surface area contributed by atoms with Gasteiger partial charge in [0.2, 0.25) is 0 Å². The van der Waals surface area contributed by atoms with Crippen LogP contribution in [0.5, 0.6) is 0 Å². The van der Waals surface area contributed by atoms with Gasteiger partial charge < -0.3 is 5.32 Å². The van der Waals surface area contributed by atoms with E-state index in [1.165, 1.54) is 18.0 Å². The maximum atomic E-state index is 4.20. The van der Waals surface area contributed by atoms with Crippen LogP contribution in [0.2, 0.25) is 0 Å². The lowest BCUT2D eigenvalue weighted by molar-refractivity contribution is 0.211.